The van der Waals surface area contributed by atoms with Crippen LogP contribution >= 0.6 is 0 Å². The summed E-state index contributed by atoms with van der Waals surface area (Å²) in [7, 11) is 0. The fourth-order valence-corrected chi connectivity index (χ4v) is 5.79. The second-order valence-corrected chi connectivity index (χ2v) is 8.32. The summed E-state index contributed by atoms with van der Waals surface area (Å²) in [5.41, 5.74) is 0. The van der Waals surface area contributed by atoms with E-state index in [1.807, 2.05) is 0 Å². The highest BCUT2D eigenvalue weighted by Crippen LogP contribution is 2.58. The van der Waals surface area contributed by atoms with Gasteiger partial charge < -0.3 is 20.1 Å². The van der Waals surface area contributed by atoms with E-state index in [9.17, 15) is 4.79 Å². The molecule has 24 heavy (non-hydrogen) atoms. The van der Waals surface area contributed by atoms with Gasteiger partial charge in [-0.3, -0.25) is 0 Å². The fourth-order valence-electron chi connectivity index (χ4n) is 5.79. The Bertz CT molecular complexity index is 438. The van der Waals surface area contributed by atoms with Crippen molar-refractivity contribution in [3.8, 4) is 0 Å². The molecule has 2 amide bonds. The molecular formula is C19H32N2O3. The zero-order chi connectivity index (χ0) is 16.4. The minimum Gasteiger partial charge on any atom is -0.381 e. The predicted molar refractivity (Wildman–Crippen MR) is 91.7 cm³/mol. The predicted octanol–water partition coefficient (Wildman–Crippen LogP) is 2.55. The highest BCUT2D eigenvalue weighted by Gasteiger charge is 2.53. The minimum atomic E-state index is 0.0197. The van der Waals surface area contributed by atoms with Crippen LogP contribution in [0.1, 0.15) is 44.9 Å². The molecule has 3 aliphatic carbocycles. The first-order valence-electron chi connectivity index (χ1n) is 10.0. The maximum atomic E-state index is 12.1. The number of carbonyl (C=O) groups is 1. The van der Waals surface area contributed by atoms with E-state index in [-0.39, 0.29) is 6.03 Å². The lowest BCUT2D eigenvalue weighted by Gasteiger charge is -2.32. The summed E-state index contributed by atoms with van der Waals surface area (Å²) in [6.07, 6.45) is 8.82. The largest absolute Gasteiger partial charge is 0.381 e. The summed E-state index contributed by atoms with van der Waals surface area (Å²) in [4.78, 5) is 12.1. The van der Waals surface area contributed by atoms with Crippen LogP contribution in [0.4, 0.5) is 4.79 Å². The van der Waals surface area contributed by atoms with Crippen LogP contribution in [0.3, 0.4) is 0 Å². The third kappa shape index (κ3) is 3.57. The summed E-state index contributed by atoms with van der Waals surface area (Å²) in [5, 5.41) is 6.25. The van der Waals surface area contributed by atoms with Crippen LogP contribution in [0.5, 0.6) is 0 Å². The van der Waals surface area contributed by atoms with E-state index in [2.05, 4.69) is 10.6 Å². The lowest BCUT2D eigenvalue weighted by molar-refractivity contribution is 0.0885. The molecule has 0 spiro atoms. The van der Waals surface area contributed by atoms with Gasteiger partial charge in [0.1, 0.15) is 0 Å². The zero-order valence-corrected chi connectivity index (χ0v) is 14.7. The summed E-state index contributed by atoms with van der Waals surface area (Å²) in [5.74, 6) is 4.10. The number of ether oxygens (including phenoxy) is 2. The molecule has 136 valence electrons. The number of urea groups is 1. The molecular weight excluding hydrogens is 304 g/mol. The summed E-state index contributed by atoms with van der Waals surface area (Å²) < 4.78 is 11.0. The summed E-state index contributed by atoms with van der Waals surface area (Å²) in [6.45, 7) is 3.92. The molecule has 0 radical (unpaired) electrons. The van der Waals surface area contributed by atoms with Crippen molar-refractivity contribution >= 4 is 6.03 Å². The van der Waals surface area contributed by atoms with E-state index in [4.69, 9.17) is 9.47 Å². The molecule has 2 bridgehead atoms. The molecule has 0 unspecified atom stereocenters. The van der Waals surface area contributed by atoms with Crippen LogP contribution in [-0.2, 0) is 9.47 Å². The van der Waals surface area contributed by atoms with Gasteiger partial charge in [0, 0.05) is 31.7 Å². The first kappa shape index (κ1) is 16.6. The Hall–Kier alpha value is -0.810. The van der Waals surface area contributed by atoms with Crippen LogP contribution in [-0.4, -0.2) is 45.0 Å². The molecule has 1 heterocycles. The molecule has 1 saturated heterocycles. The lowest BCUT2D eigenvalue weighted by atomic mass is 9.79. The molecule has 6 atom stereocenters. The van der Waals surface area contributed by atoms with Gasteiger partial charge in [0.2, 0.25) is 0 Å². The topological polar surface area (TPSA) is 59.6 Å². The van der Waals surface area contributed by atoms with Crippen LogP contribution in [0, 0.1) is 29.6 Å². The van der Waals surface area contributed by atoms with E-state index >= 15 is 0 Å². The molecule has 1 aliphatic heterocycles. The van der Waals surface area contributed by atoms with Crippen molar-refractivity contribution in [3.63, 3.8) is 0 Å². The van der Waals surface area contributed by atoms with E-state index in [1.165, 1.54) is 32.1 Å². The fraction of sp³-hybridized carbons (Fsp3) is 0.947. The third-order valence-corrected chi connectivity index (χ3v) is 6.87. The number of rotatable bonds is 7. The lowest BCUT2D eigenvalue weighted by Crippen LogP contribution is -2.47. The molecule has 0 aromatic carbocycles. The molecule has 3 saturated carbocycles. The van der Waals surface area contributed by atoms with E-state index < -0.39 is 0 Å². The smallest absolute Gasteiger partial charge is 0.315 e. The van der Waals surface area contributed by atoms with Crippen LogP contribution < -0.4 is 10.6 Å². The van der Waals surface area contributed by atoms with Gasteiger partial charge in [-0.1, -0.05) is 6.42 Å². The molecule has 4 fully saturated rings. The van der Waals surface area contributed by atoms with Gasteiger partial charge in [0.25, 0.3) is 0 Å². The molecule has 5 nitrogen and oxygen atoms in total. The van der Waals surface area contributed by atoms with Crippen molar-refractivity contribution in [1.29, 1.82) is 0 Å². The van der Waals surface area contributed by atoms with E-state index in [1.54, 1.807) is 0 Å². The van der Waals surface area contributed by atoms with Gasteiger partial charge in [-0.15, -0.1) is 0 Å². The monoisotopic (exact) mass is 336 g/mol. The molecule has 0 aromatic heterocycles. The molecule has 0 aromatic rings. The Labute approximate surface area is 145 Å². The van der Waals surface area contributed by atoms with Crippen LogP contribution in [0.15, 0.2) is 0 Å². The van der Waals surface area contributed by atoms with Gasteiger partial charge in [0.05, 0.1) is 13.2 Å². The maximum Gasteiger partial charge on any atom is 0.315 e. The minimum absolute atomic E-state index is 0.0197. The Morgan fingerprint density at radius 2 is 2.04 bits per heavy atom. The van der Waals surface area contributed by atoms with Crippen LogP contribution in [0.2, 0.25) is 0 Å². The normalized spacial score (nSPS) is 40.0. The number of hydrogen-bond acceptors (Lipinski definition) is 3. The van der Waals surface area contributed by atoms with Gasteiger partial charge in [0.15, 0.2) is 0 Å². The number of amides is 2. The summed E-state index contributed by atoms with van der Waals surface area (Å²) in [6, 6.07) is 0.444. The molecule has 5 heteroatoms. The SMILES string of the molecule is O=C(NCCCOC[C@@H]1CCOC1)N[C@@H]1C[C@H]2C[C@H]1[C@H]1CCC[C@H]21. The van der Waals surface area contributed by atoms with Crippen molar-refractivity contribution in [2.24, 2.45) is 29.6 Å². The van der Waals surface area contributed by atoms with Crippen molar-refractivity contribution in [2.75, 3.05) is 33.0 Å². The van der Waals surface area contributed by atoms with Crippen molar-refractivity contribution in [1.82, 2.24) is 10.6 Å². The van der Waals surface area contributed by atoms with Crippen molar-refractivity contribution in [3.05, 3.63) is 0 Å². The average Bonchev–Trinajstić information content (AvgIpc) is 3.32. The first-order valence-corrected chi connectivity index (χ1v) is 10.0. The Balaban J connectivity index is 1.08. The van der Waals surface area contributed by atoms with Crippen LogP contribution in [0.25, 0.3) is 0 Å². The molecule has 4 aliphatic rings. The highest BCUT2D eigenvalue weighted by molar-refractivity contribution is 5.74. The first-order chi connectivity index (χ1) is 11.8. The number of carbonyl (C=O) groups excluding carboxylic acids is 1. The average molecular weight is 336 g/mol. The molecule has 4 rings (SSSR count). The summed E-state index contributed by atoms with van der Waals surface area (Å²) >= 11 is 0. The maximum absolute atomic E-state index is 12.1. The standard InChI is InChI=1S/C19H32N2O3/c22-19(20-6-2-7-23-11-13-5-8-24-12-13)21-18-10-14-9-17(18)16-4-1-3-15(14)16/h13-18H,1-12H2,(H2,20,21,22)/t13-,14+,15+,16-,17-,18+/m0/s1. The number of hydrogen-bond donors (Lipinski definition) is 2. The van der Waals surface area contributed by atoms with E-state index in [0.29, 0.717) is 25.1 Å². The zero-order valence-electron chi connectivity index (χ0n) is 14.7. The van der Waals surface area contributed by atoms with Gasteiger partial charge in [-0.25, -0.2) is 4.79 Å². The Morgan fingerprint density at radius 3 is 2.92 bits per heavy atom. The number of nitrogens with one attached hydrogen (secondary N) is 2. The van der Waals surface area contributed by atoms with Gasteiger partial charge in [-0.2, -0.15) is 0 Å². The second kappa shape index (κ2) is 7.61. The highest BCUT2D eigenvalue weighted by atomic mass is 16.5. The third-order valence-electron chi connectivity index (χ3n) is 6.87. The second-order valence-electron chi connectivity index (χ2n) is 8.32. The van der Waals surface area contributed by atoms with Crippen molar-refractivity contribution in [2.45, 2.75) is 51.0 Å². The van der Waals surface area contributed by atoms with Crippen molar-refractivity contribution < 1.29 is 14.3 Å². The van der Waals surface area contributed by atoms with Gasteiger partial charge >= 0.3 is 6.03 Å². The van der Waals surface area contributed by atoms with E-state index in [0.717, 1.165) is 56.3 Å². The quantitative estimate of drug-likeness (QED) is 0.703. The molecule has 2 N–H and O–H groups in total. The Kier molecular flexibility index (Phi) is 5.28. The number of fused-ring (bicyclic) bond motifs is 5. The Morgan fingerprint density at radius 1 is 1.12 bits per heavy atom. The van der Waals surface area contributed by atoms with Gasteiger partial charge in [-0.05, 0) is 62.2 Å².